The van der Waals surface area contributed by atoms with Crippen molar-refractivity contribution in [1.29, 1.82) is 0 Å². The second-order valence-corrected chi connectivity index (χ2v) is 6.10. The Labute approximate surface area is 127 Å². The topological polar surface area (TPSA) is 38.3 Å². The Bertz CT molecular complexity index is 522. The summed E-state index contributed by atoms with van der Waals surface area (Å²) in [6.45, 7) is 2.07. The third kappa shape index (κ3) is 3.55. The van der Waals surface area contributed by atoms with Crippen LogP contribution in [0.15, 0.2) is 23.1 Å². The Morgan fingerprint density at radius 2 is 2.19 bits per heavy atom. The van der Waals surface area contributed by atoms with Crippen molar-refractivity contribution in [2.24, 2.45) is 5.92 Å². The Morgan fingerprint density at radius 3 is 2.71 bits per heavy atom. The van der Waals surface area contributed by atoms with E-state index in [1.807, 2.05) is 0 Å². The van der Waals surface area contributed by atoms with E-state index in [9.17, 15) is 13.6 Å². The molecule has 1 unspecified atom stereocenters. The molecule has 0 bridgehead atoms. The number of hydrogen-bond acceptors (Lipinski definition) is 4. The first-order valence-corrected chi connectivity index (χ1v) is 7.96. The standard InChI is InChI=1S/C15H19F2NO2S/c1-3-20-14(19)15(18-2,10-4-5-10)9-21-13-7-6-11(16)8-12(13)17/h6-8,10,18H,3-5,9H2,1-2H3. The minimum atomic E-state index is -0.804. The minimum Gasteiger partial charge on any atom is -0.465 e. The number of benzene rings is 1. The molecule has 1 atom stereocenters. The van der Waals surface area contributed by atoms with Crippen LogP contribution in [-0.2, 0) is 9.53 Å². The molecule has 0 amide bonds. The highest BCUT2D eigenvalue weighted by molar-refractivity contribution is 7.99. The molecule has 1 N–H and O–H groups in total. The van der Waals surface area contributed by atoms with Crippen molar-refractivity contribution in [3.8, 4) is 0 Å². The van der Waals surface area contributed by atoms with Crippen LogP contribution in [-0.4, -0.2) is 30.9 Å². The van der Waals surface area contributed by atoms with E-state index in [0.29, 0.717) is 17.3 Å². The zero-order valence-electron chi connectivity index (χ0n) is 12.1. The molecule has 0 spiro atoms. The first-order valence-electron chi connectivity index (χ1n) is 6.97. The van der Waals surface area contributed by atoms with Gasteiger partial charge in [0.25, 0.3) is 0 Å². The normalized spacial score (nSPS) is 17.3. The SMILES string of the molecule is CCOC(=O)C(CSc1ccc(F)cc1F)(NC)C1CC1. The molecular formula is C15H19F2NO2S. The summed E-state index contributed by atoms with van der Waals surface area (Å²) in [6, 6.07) is 3.46. The molecule has 0 aromatic heterocycles. The fraction of sp³-hybridized carbons (Fsp3) is 0.533. The third-order valence-electron chi connectivity index (χ3n) is 3.71. The van der Waals surface area contributed by atoms with E-state index in [2.05, 4.69) is 5.32 Å². The number of likely N-dealkylation sites (N-methyl/N-ethyl adjacent to an activating group) is 1. The van der Waals surface area contributed by atoms with Gasteiger partial charge in [0.1, 0.15) is 17.2 Å². The van der Waals surface area contributed by atoms with Crippen molar-refractivity contribution in [3.05, 3.63) is 29.8 Å². The summed E-state index contributed by atoms with van der Waals surface area (Å²) in [4.78, 5) is 12.6. The lowest BCUT2D eigenvalue weighted by atomic mass is 9.96. The van der Waals surface area contributed by atoms with E-state index in [1.54, 1.807) is 14.0 Å². The Hall–Kier alpha value is -1.14. The molecule has 116 valence electrons. The highest BCUT2D eigenvalue weighted by Gasteiger charge is 2.51. The summed E-state index contributed by atoms with van der Waals surface area (Å²) in [5.41, 5.74) is -0.804. The number of carbonyl (C=O) groups excluding carboxylic acids is 1. The van der Waals surface area contributed by atoms with E-state index in [-0.39, 0.29) is 11.9 Å². The number of nitrogens with one attached hydrogen (secondary N) is 1. The van der Waals surface area contributed by atoms with Gasteiger partial charge >= 0.3 is 5.97 Å². The highest BCUT2D eigenvalue weighted by atomic mass is 32.2. The monoisotopic (exact) mass is 315 g/mol. The second-order valence-electron chi connectivity index (χ2n) is 5.08. The summed E-state index contributed by atoms with van der Waals surface area (Å²) >= 11 is 1.20. The minimum absolute atomic E-state index is 0.206. The maximum atomic E-state index is 13.7. The molecule has 0 heterocycles. The predicted molar refractivity (Wildman–Crippen MR) is 78.2 cm³/mol. The number of hydrogen-bond donors (Lipinski definition) is 1. The Balaban J connectivity index is 2.13. The largest absolute Gasteiger partial charge is 0.465 e. The van der Waals surface area contributed by atoms with Gasteiger partial charge in [-0.3, -0.25) is 4.79 Å². The predicted octanol–water partition coefficient (Wildman–Crippen LogP) is 2.99. The van der Waals surface area contributed by atoms with Gasteiger partial charge in [0, 0.05) is 16.7 Å². The van der Waals surface area contributed by atoms with E-state index in [1.165, 1.54) is 23.9 Å². The van der Waals surface area contributed by atoms with Gasteiger partial charge in [0.05, 0.1) is 6.61 Å². The molecule has 3 nitrogen and oxygen atoms in total. The molecule has 0 saturated heterocycles. The number of ether oxygens (including phenoxy) is 1. The van der Waals surface area contributed by atoms with Gasteiger partial charge in [-0.15, -0.1) is 11.8 Å². The molecule has 6 heteroatoms. The van der Waals surface area contributed by atoms with E-state index in [0.717, 1.165) is 18.9 Å². The fourth-order valence-electron chi connectivity index (χ4n) is 2.34. The number of rotatable bonds is 7. The Kier molecular flexibility index (Phi) is 5.22. The molecule has 1 aromatic rings. The number of carbonyl (C=O) groups is 1. The van der Waals surface area contributed by atoms with Crippen molar-refractivity contribution >= 4 is 17.7 Å². The summed E-state index contributed by atoms with van der Waals surface area (Å²) in [5.74, 6) is -0.952. The van der Waals surface area contributed by atoms with E-state index < -0.39 is 17.2 Å². The van der Waals surface area contributed by atoms with Gasteiger partial charge in [0.2, 0.25) is 0 Å². The quantitative estimate of drug-likeness (QED) is 0.620. The van der Waals surface area contributed by atoms with Crippen LogP contribution in [0.2, 0.25) is 0 Å². The number of thioether (sulfide) groups is 1. The van der Waals surface area contributed by atoms with Crippen LogP contribution in [0.25, 0.3) is 0 Å². The molecule has 1 saturated carbocycles. The van der Waals surface area contributed by atoms with Crippen molar-refractivity contribution in [2.75, 3.05) is 19.4 Å². The molecule has 1 fully saturated rings. The van der Waals surface area contributed by atoms with Crippen molar-refractivity contribution in [1.82, 2.24) is 5.32 Å². The van der Waals surface area contributed by atoms with Gasteiger partial charge < -0.3 is 10.1 Å². The molecule has 1 aromatic carbocycles. The molecule has 21 heavy (non-hydrogen) atoms. The zero-order valence-corrected chi connectivity index (χ0v) is 12.9. The lowest BCUT2D eigenvalue weighted by Crippen LogP contribution is -2.55. The molecule has 2 rings (SSSR count). The van der Waals surface area contributed by atoms with Gasteiger partial charge in [0.15, 0.2) is 0 Å². The summed E-state index contributed by atoms with van der Waals surface area (Å²) in [7, 11) is 1.72. The first kappa shape index (κ1) is 16.2. The summed E-state index contributed by atoms with van der Waals surface area (Å²) in [5, 5.41) is 3.07. The number of esters is 1. The van der Waals surface area contributed by atoms with Crippen LogP contribution in [0.4, 0.5) is 8.78 Å². The average Bonchev–Trinajstić information content (AvgIpc) is 3.27. The third-order valence-corrected chi connectivity index (χ3v) is 4.95. The molecule has 1 aliphatic rings. The maximum Gasteiger partial charge on any atom is 0.327 e. The summed E-state index contributed by atoms with van der Waals surface area (Å²) < 4.78 is 31.8. The van der Waals surface area contributed by atoms with Crippen LogP contribution in [0.5, 0.6) is 0 Å². The number of halogens is 2. The van der Waals surface area contributed by atoms with Crippen LogP contribution in [0, 0.1) is 17.6 Å². The van der Waals surface area contributed by atoms with Crippen LogP contribution >= 0.6 is 11.8 Å². The van der Waals surface area contributed by atoms with Gasteiger partial charge in [-0.2, -0.15) is 0 Å². The highest BCUT2D eigenvalue weighted by Crippen LogP contribution is 2.43. The average molecular weight is 315 g/mol. The summed E-state index contributed by atoms with van der Waals surface area (Å²) in [6.07, 6.45) is 1.90. The fourth-order valence-corrected chi connectivity index (χ4v) is 3.58. The molecule has 1 aliphatic carbocycles. The maximum absolute atomic E-state index is 13.7. The molecule has 0 aliphatic heterocycles. The zero-order chi connectivity index (χ0) is 15.5. The van der Waals surface area contributed by atoms with Gasteiger partial charge in [-0.05, 0) is 44.9 Å². The van der Waals surface area contributed by atoms with Gasteiger partial charge in [-0.1, -0.05) is 0 Å². The van der Waals surface area contributed by atoms with Gasteiger partial charge in [-0.25, -0.2) is 8.78 Å². The Morgan fingerprint density at radius 1 is 1.48 bits per heavy atom. The lowest BCUT2D eigenvalue weighted by Gasteiger charge is -2.31. The first-order chi connectivity index (χ1) is 10.0. The molecular weight excluding hydrogens is 296 g/mol. The van der Waals surface area contributed by atoms with E-state index in [4.69, 9.17) is 4.74 Å². The second kappa shape index (κ2) is 6.75. The van der Waals surface area contributed by atoms with Crippen LogP contribution < -0.4 is 5.32 Å². The lowest BCUT2D eigenvalue weighted by molar-refractivity contribution is -0.150. The smallest absolute Gasteiger partial charge is 0.327 e. The van der Waals surface area contributed by atoms with Crippen molar-refractivity contribution in [2.45, 2.75) is 30.2 Å². The van der Waals surface area contributed by atoms with Crippen LogP contribution in [0.1, 0.15) is 19.8 Å². The van der Waals surface area contributed by atoms with E-state index >= 15 is 0 Å². The van der Waals surface area contributed by atoms with Crippen LogP contribution in [0.3, 0.4) is 0 Å². The van der Waals surface area contributed by atoms with Crippen molar-refractivity contribution in [3.63, 3.8) is 0 Å². The van der Waals surface area contributed by atoms with Crippen molar-refractivity contribution < 1.29 is 18.3 Å². The molecule has 0 radical (unpaired) electrons.